The van der Waals surface area contributed by atoms with Crippen molar-refractivity contribution < 1.29 is 18.7 Å². The zero-order valence-corrected chi connectivity index (χ0v) is 13.8. The van der Waals surface area contributed by atoms with Crippen molar-refractivity contribution in [3.8, 4) is 17.2 Å². The Balaban J connectivity index is 1.43. The fourth-order valence-corrected chi connectivity index (χ4v) is 2.54. The van der Waals surface area contributed by atoms with Gasteiger partial charge in [0.1, 0.15) is 17.6 Å². The van der Waals surface area contributed by atoms with Crippen molar-refractivity contribution >= 4 is 0 Å². The molecule has 0 saturated heterocycles. The molecule has 130 valence electrons. The smallest absolute Gasteiger partial charge is 0.216 e. The van der Waals surface area contributed by atoms with Gasteiger partial charge in [-0.05, 0) is 42.0 Å². The molecule has 0 spiro atoms. The third-order valence-corrected chi connectivity index (χ3v) is 3.83. The molecule has 1 atom stereocenters. The average molecular weight is 349 g/mol. The van der Waals surface area contributed by atoms with Gasteiger partial charge in [0.05, 0.1) is 0 Å². The van der Waals surface area contributed by atoms with Gasteiger partial charge < -0.3 is 9.47 Å². The summed E-state index contributed by atoms with van der Waals surface area (Å²) in [5, 5.41) is 0. The molecule has 0 amide bonds. The summed E-state index contributed by atoms with van der Waals surface area (Å²) >= 11 is 0. The van der Waals surface area contributed by atoms with Crippen LogP contribution in [0.5, 0.6) is 17.2 Å². The number of ether oxygens (including phenoxy) is 2. The van der Waals surface area contributed by atoms with Crippen LogP contribution in [0.1, 0.15) is 11.7 Å². The Bertz CT molecular complexity index is 910. The summed E-state index contributed by atoms with van der Waals surface area (Å²) in [6.45, 7) is 0. The van der Waals surface area contributed by atoms with Gasteiger partial charge in [0.15, 0.2) is 11.6 Å². The minimum atomic E-state index is -0.430. The Morgan fingerprint density at radius 2 is 1.46 bits per heavy atom. The van der Waals surface area contributed by atoms with E-state index < -0.39 is 5.82 Å². The summed E-state index contributed by atoms with van der Waals surface area (Å²) in [6, 6.07) is 23.3. The summed E-state index contributed by atoms with van der Waals surface area (Å²) in [6.07, 6.45) is 1.42. The maximum absolute atomic E-state index is 13.7. The van der Waals surface area contributed by atoms with E-state index in [1.165, 1.54) is 6.07 Å². The van der Waals surface area contributed by atoms with Crippen LogP contribution in [0.4, 0.5) is 4.39 Å². The maximum atomic E-state index is 13.7. The lowest BCUT2D eigenvalue weighted by Gasteiger charge is -2.09. The normalized spacial score (nSPS) is 15.9. The summed E-state index contributed by atoms with van der Waals surface area (Å²) in [4.78, 5) is 5.49. The first-order valence-corrected chi connectivity index (χ1v) is 8.17. The Morgan fingerprint density at radius 3 is 2.23 bits per heavy atom. The van der Waals surface area contributed by atoms with Crippen LogP contribution in [0.2, 0.25) is 0 Å². The highest BCUT2D eigenvalue weighted by Gasteiger charge is 2.20. The lowest BCUT2D eigenvalue weighted by molar-refractivity contribution is 0.0270. The van der Waals surface area contributed by atoms with Crippen molar-refractivity contribution in [3.05, 3.63) is 102 Å². The van der Waals surface area contributed by atoms with Crippen LogP contribution < -0.4 is 15.0 Å². The molecular formula is C21H16FNO3. The summed E-state index contributed by atoms with van der Waals surface area (Å²) < 4.78 is 24.9. The predicted molar refractivity (Wildman–Crippen MR) is 95.0 cm³/mol. The van der Waals surface area contributed by atoms with E-state index in [0.29, 0.717) is 5.88 Å². The first-order chi connectivity index (χ1) is 12.8. The molecule has 3 aromatic rings. The van der Waals surface area contributed by atoms with E-state index in [2.05, 4.69) is 5.48 Å². The molecule has 0 aliphatic carbocycles. The Kier molecular flexibility index (Phi) is 4.53. The number of para-hydroxylation sites is 2. The molecule has 4 rings (SSSR count). The first-order valence-electron chi connectivity index (χ1n) is 8.17. The molecule has 5 heteroatoms. The van der Waals surface area contributed by atoms with Gasteiger partial charge in [-0.15, -0.1) is 0 Å². The SMILES string of the molecule is Fc1ccccc1OC1=C[C@H](c2ccc(Oc3ccccc3)cc2)ON1. The van der Waals surface area contributed by atoms with E-state index >= 15 is 0 Å². The van der Waals surface area contributed by atoms with Gasteiger partial charge in [0.2, 0.25) is 5.88 Å². The van der Waals surface area contributed by atoms with Crippen LogP contribution in [0.3, 0.4) is 0 Å². The van der Waals surface area contributed by atoms with E-state index in [1.807, 2.05) is 54.6 Å². The van der Waals surface area contributed by atoms with Gasteiger partial charge in [-0.1, -0.05) is 42.5 Å². The standard InChI is InChI=1S/C21H16FNO3/c22-18-8-4-5-9-19(18)25-21-14-20(26-23-21)15-10-12-17(13-11-15)24-16-6-2-1-3-7-16/h1-14,20,23H/t20-/m1/s1. The number of nitrogens with one attached hydrogen (secondary N) is 1. The number of benzene rings is 3. The summed E-state index contributed by atoms with van der Waals surface area (Å²) in [5.41, 5.74) is 3.60. The molecule has 1 aliphatic rings. The molecular weight excluding hydrogens is 333 g/mol. The minimum Gasteiger partial charge on any atom is -0.457 e. The summed E-state index contributed by atoms with van der Waals surface area (Å²) in [7, 11) is 0. The highest BCUT2D eigenvalue weighted by Crippen LogP contribution is 2.29. The average Bonchev–Trinajstić information content (AvgIpc) is 3.14. The zero-order valence-electron chi connectivity index (χ0n) is 13.8. The number of halogens is 1. The molecule has 1 aliphatic heterocycles. The third-order valence-electron chi connectivity index (χ3n) is 3.83. The molecule has 1 heterocycles. The van der Waals surface area contributed by atoms with Gasteiger partial charge in [-0.2, -0.15) is 0 Å². The van der Waals surface area contributed by atoms with E-state index in [0.717, 1.165) is 17.1 Å². The summed E-state index contributed by atoms with van der Waals surface area (Å²) in [5.74, 6) is 1.57. The van der Waals surface area contributed by atoms with Crippen LogP contribution in [0, 0.1) is 5.82 Å². The van der Waals surface area contributed by atoms with Crippen molar-refractivity contribution in [2.75, 3.05) is 0 Å². The number of hydrogen-bond donors (Lipinski definition) is 1. The number of rotatable bonds is 5. The molecule has 0 aromatic heterocycles. The van der Waals surface area contributed by atoms with E-state index in [-0.39, 0.29) is 11.9 Å². The Labute approximate surface area is 150 Å². The molecule has 26 heavy (non-hydrogen) atoms. The van der Waals surface area contributed by atoms with Gasteiger partial charge in [0.25, 0.3) is 0 Å². The lowest BCUT2D eigenvalue weighted by Crippen LogP contribution is -2.12. The molecule has 1 N–H and O–H groups in total. The van der Waals surface area contributed by atoms with Gasteiger partial charge in [-0.25, -0.2) is 9.87 Å². The Morgan fingerprint density at radius 1 is 0.769 bits per heavy atom. The fourth-order valence-electron chi connectivity index (χ4n) is 2.54. The van der Waals surface area contributed by atoms with Crippen molar-refractivity contribution in [3.63, 3.8) is 0 Å². The van der Waals surface area contributed by atoms with Gasteiger partial charge in [-0.3, -0.25) is 4.84 Å². The van der Waals surface area contributed by atoms with E-state index in [1.54, 1.807) is 24.3 Å². The van der Waals surface area contributed by atoms with Crippen LogP contribution in [-0.2, 0) is 4.84 Å². The van der Waals surface area contributed by atoms with E-state index in [4.69, 9.17) is 14.3 Å². The quantitative estimate of drug-likeness (QED) is 0.694. The first kappa shape index (κ1) is 16.2. The van der Waals surface area contributed by atoms with Crippen molar-refractivity contribution in [1.29, 1.82) is 0 Å². The minimum absolute atomic E-state index is 0.141. The molecule has 0 saturated carbocycles. The van der Waals surface area contributed by atoms with Crippen LogP contribution >= 0.6 is 0 Å². The van der Waals surface area contributed by atoms with E-state index in [9.17, 15) is 4.39 Å². The molecule has 0 unspecified atom stereocenters. The zero-order chi connectivity index (χ0) is 17.8. The second-order valence-electron chi connectivity index (χ2n) is 5.69. The van der Waals surface area contributed by atoms with Crippen LogP contribution in [-0.4, -0.2) is 0 Å². The van der Waals surface area contributed by atoms with Crippen LogP contribution in [0.15, 0.2) is 90.8 Å². The Hall–Kier alpha value is -3.31. The van der Waals surface area contributed by atoms with Crippen molar-refractivity contribution in [2.24, 2.45) is 0 Å². The second kappa shape index (κ2) is 7.29. The van der Waals surface area contributed by atoms with Crippen molar-refractivity contribution in [1.82, 2.24) is 5.48 Å². The van der Waals surface area contributed by atoms with Gasteiger partial charge >= 0.3 is 0 Å². The molecule has 3 aromatic carbocycles. The third kappa shape index (κ3) is 3.68. The molecule has 4 nitrogen and oxygen atoms in total. The predicted octanol–water partition coefficient (Wildman–Crippen LogP) is 5.11. The highest BCUT2D eigenvalue weighted by atomic mass is 19.1. The van der Waals surface area contributed by atoms with Gasteiger partial charge in [0, 0.05) is 6.08 Å². The van der Waals surface area contributed by atoms with Crippen LogP contribution in [0.25, 0.3) is 0 Å². The molecule has 0 fully saturated rings. The number of hydrogen-bond acceptors (Lipinski definition) is 4. The highest BCUT2D eigenvalue weighted by molar-refractivity contribution is 5.35. The second-order valence-corrected chi connectivity index (χ2v) is 5.69. The maximum Gasteiger partial charge on any atom is 0.216 e. The lowest BCUT2D eigenvalue weighted by atomic mass is 10.1. The topological polar surface area (TPSA) is 39.7 Å². The largest absolute Gasteiger partial charge is 0.457 e. The molecule has 0 radical (unpaired) electrons. The monoisotopic (exact) mass is 349 g/mol. The number of hydroxylamine groups is 1. The van der Waals surface area contributed by atoms with Crippen molar-refractivity contribution in [2.45, 2.75) is 6.10 Å². The fraction of sp³-hybridized carbons (Fsp3) is 0.0476. The molecule has 0 bridgehead atoms.